The number of benzene rings is 1. The van der Waals surface area contributed by atoms with E-state index in [0.29, 0.717) is 18.3 Å². The van der Waals surface area contributed by atoms with Gasteiger partial charge in [-0.15, -0.1) is 0 Å². The lowest BCUT2D eigenvalue weighted by Crippen LogP contribution is -2.23. The van der Waals surface area contributed by atoms with Crippen molar-refractivity contribution >= 4 is 10.0 Å². The fourth-order valence-corrected chi connectivity index (χ4v) is 2.76. The van der Waals surface area contributed by atoms with Crippen LogP contribution in [0, 0.1) is 5.92 Å². The lowest BCUT2D eigenvalue weighted by molar-refractivity contribution is 0.271. The Morgan fingerprint density at radius 2 is 1.73 bits per heavy atom. The van der Waals surface area contributed by atoms with Gasteiger partial charge in [0.1, 0.15) is 5.75 Å². The van der Waals surface area contributed by atoms with Gasteiger partial charge in [-0.2, -0.15) is 0 Å². The van der Waals surface area contributed by atoms with Crippen molar-refractivity contribution in [2.45, 2.75) is 25.3 Å². The van der Waals surface area contributed by atoms with Gasteiger partial charge in [0.25, 0.3) is 0 Å². The summed E-state index contributed by atoms with van der Waals surface area (Å²) in [5, 5.41) is 0. The van der Waals surface area contributed by atoms with Gasteiger partial charge in [0.2, 0.25) is 10.0 Å². The molecule has 0 fully saturated rings. The van der Waals surface area contributed by atoms with Crippen molar-refractivity contribution in [3.8, 4) is 5.75 Å². The Bertz CT molecular complexity index is 683. The summed E-state index contributed by atoms with van der Waals surface area (Å²) in [5.41, 5.74) is 0.857. The van der Waals surface area contributed by atoms with Crippen LogP contribution < -0.4 is 9.46 Å². The number of pyridine rings is 1. The summed E-state index contributed by atoms with van der Waals surface area (Å²) >= 11 is 0. The highest BCUT2D eigenvalue weighted by atomic mass is 32.2. The molecule has 0 saturated carbocycles. The van der Waals surface area contributed by atoms with Crippen LogP contribution in [0.2, 0.25) is 0 Å². The van der Waals surface area contributed by atoms with E-state index in [1.165, 1.54) is 0 Å². The zero-order valence-corrected chi connectivity index (χ0v) is 13.5. The largest absolute Gasteiger partial charge is 0.493 e. The quantitative estimate of drug-likeness (QED) is 0.851. The second-order valence-electron chi connectivity index (χ2n) is 5.36. The van der Waals surface area contributed by atoms with E-state index in [1.54, 1.807) is 48.8 Å². The van der Waals surface area contributed by atoms with Gasteiger partial charge in [0.05, 0.1) is 11.5 Å². The maximum Gasteiger partial charge on any atom is 0.240 e. The average Bonchev–Trinajstić information content (AvgIpc) is 2.52. The molecular formula is C16H20N2O3S. The van der Waals surface area contributed by atoms with E-state index in [0.717, 1.165) is 5.56 Å². The van der Waals surface area contributed by atoms with E-state index >= 15 is 0 Å². The minimum Gasteiger partial charge on any atom is -0.493 e. The van der Waals surface area contributed by atoms with Crippen molar-refractivity contribution in [2.24, 2.45) is 5.92 Å². The molecule has 1 aromatic carbocycles. The highest BCUT2D eigenvalue weighted by Crippen LogP contribution is 2.16. The molecule has 22 heavy (non-hydrogen) atoms. The second kappa shape index (κ2) is 7.38. The zero-order chi connectivity index (χ0) is 16.0. The monoisotopic (exact) mass is 320 g/mol. The smallest absolute Gasteiger partial charge is 0.240 e. The van der Waals surface area contributed by atoms with Crippen molar-refractivity contribution in [1.29, 1.82) is 0 Å². The van der Waals surface area contributed by atoms with Gasteiger partial charge < -0.3 is 4.74 Å². The molecular weight excluding hydrogens is 300 g/mol. The molecule has 1 N–H and O–H groups in total. The van der Waals surface area contributed by atoms with Crippen molar-refractivity contribution in [2.75, 3.05) is 6.61 Å². The van der Waals surface area contributed by atoms with E-state index in [2.05, 4.69) is 23.6 Å². The third-order valence-electron chi connectivity index (χ3n) is 2.93. The molecule has 0 atom stereocenters. The van der Waals surface area contributed by atoms with Gasteiger partial charge >= 0.3 is 0 Å². The Kier molecular flexibility index (Phi) is 5.51. The summed E-state index contributed by atoms with van der Waals surface area (Å²) in [7, 11) is -3.53. The van der Waals surface area contributed by atoms with Crippen LogP contribution in [-0.4, -0.2) is 20.0 Å². The number of aromatic nitrogens is 1. The molecule has 2 aromatic rings. The lowest BCUT2D eigenvalue weighted by Gasteiger charge is -2.10. The first-order valence-electron chi connectivity index (χ1n) is 7.09. The molecule has 0 radical (unpaired) electrons. The summed E-state index contributed by atoms with van der Waals surface area (Å²) in [6.07, 6.45) is 3.26. The molecule has 2 rings (SSSR count). The third kappa shape index (κ3) is 4.82. The number of nitrogens with zero attached hydrogens (tertiary/aromatic N) is 1. The number of hydrogen-bond acceptors (Lipinski definition) is 4. The maximum absolute atomic E-state index is 12.2. The number of ether oxygens (including phenoxy) is 1. The normalized spacial score (nSPS) is 11.6. The molecule has 5 nitrogen and oxygen atoms in total. The predicted octanol–water partition coefficient (Wildman–Crippen LogP) is 2.59. The molecule has 0 aliphatic heterocycles. The van der Waals surface area contributed by atoms with Crippen LogP contribution in [0.15, 0.2) is 53.7 Å². The Morgan fingerprint density at radius 3 is 2.32 bits per heavy atom. The van der Waals surface area contributed by atoms with E-state index in [-0.39, 0.29) is 11.4 Å². The molecule has 118 valence electrons. The van der Waals surface area contributed by atoms with Crippen LogP contribution in [0.4, 0.5) is 0 Å². The fourth-order valence-electron chi connectivity index (χ4n) is 1.74. The molecule has 1 heterocycles. The summed E-state index contributed by atoms with van der Waals surface area (Å²) < 4.78 is 32.5. The third-order valence-corrected chi connectivity index (χ3v) is 4.35. The number of hydrogen-bond donors (Lipinski definition) is 1. The highest BCUT2D eigenvalue weighted by Gasteiger charge is 2.13. The Labute approximate surface area is 131 Å². The van der Waals surface area contributed by atoms with Crippen LogP contribution in [0.3, 0.4) is 0 Å². The Hall–Kier alpha value is -1.92. The van der Waals surface area contributed by atoms with E-state index in [9.17, 15) is 8.42 Å². The Balaban J connectivity index is 2.00. The molecule has 0 saturated heterocycles. The van der Waals surface area contributed by atoms with Gasteiger partial charge in [-0.1, -0.05) is 13.8 Å². The Morgan fingerprint density at radius 1 is 1.09 bits per heavy atom. The maximum atomic E-state index is 12.2. The van der Waals surface area contributed by atoms with Crippen LogP contribution >= 0.6 is 0 Å². The molecule has 6 heteroatoms. The lowest BCUT2D eigenvalue weighted by atomic mass is 10.2. The van der Waals surface area contributed by atoms with Crippen LogP contribution in [0.25, 0.3) is 0 Å². The highest BCUT2D eigenvalue weighted by molar-refractivity contribution is 7.89. The minimum atomic E-state index is -3.53. The number of nitrogens with one attached hydrogen (secondary N) is 1. The summed E-state index contributed by atoms with van der Waals surface area (Å²) in [6.45, 7) is 4.95. The van der Waals surface area contributed by atoms with Gasteiger partial charge in [-0.05, 0) is 47.9 Å². The van der Waals surface area contributed by atoms with Gasteiger partial charge in [-0.3, -0.25) is 4.98 Å². The first-order valence-corrected chi connectivity index (χ1v) is 8.57. The van der Waals surface area contributed by atoms with Gasteiger partial charge in [-0.25, -0.2) is 13.1 Å². The van der Waals surface area contributed by atoms with Crippen molar-refractivity contribution in [3.63, 3.8) is 0 Å². The van der Waals surface area contributed by atoms with Crippen molar-refractivity contribution < 1.29 is 13.2 Å². The molecule has 0 aliphatic carbocycles. The fraction of sp³-hybridized carbons (Fsp3) is 0.312. The van der Waals surface area contributed by atoms with E-state index in [4.69, 9.17) is 4.74 Å². The second-order valence-corrected chi connectivity index (χ2v) is 7.12. The summed E-state index contributed by atoms with van der Waals surface area (Å²) in [4.78, 5) is 4.12. The van der Waals surface area contributed by atoms with Crippen molar-refractivity contribution in [1.82, 2.24) is 9.71 Å². The molecule has 0 bridgehead atoms. The predicted molar refractivity (Wildman–Crippen MR) is 85.0 cm³/mol. The first kappa shape index (κ1) is 16.5. The molecule has 0 amide bonds. The first-order chi connectivity index (χ1) is 10.5. The molecule has 0 spiro atoms. The zero-order valence-electron chi connectivity index (χ0n) is 12.7. The minimum absolute atomic E-state index is 0.221. The average molecular weight is 320 g/mol. The van der Waals surface area contributed by atoms with Crippen LogP contribution in [0.1, 0.15) is 19.4 Å². The van der Waals surface area contributed by atoms with Gasteiger partial charge in [0.15, 0.2) is 0 Å². The van der Waals surface area contributed by atoms with E-state index < -0.39 is 10.0 Å². The van der Waals surface area contributed by atoms with Crippen LogP contribution in [0.5, 0.6) is 5.75 Å². The molecule has 0 unspecified atom stereocenters. The standard InChI is InChI=1S/C16H20N2O3S/c1-13(2)12-21-15-3-5-16(6-4-15)22(19,20)18-11-14-7-9-17-10-8-14/h3-10,13,18H,11-12H2,1-2H3. The number of sulfonamides is 1. The topological polar surface area (TPSA) is 68.3 Å². The van der Waals surface area contributed by atoms with Crippen LogP contribution in [-0.2, 0) is 16.6 Å². The summed E-state index contributed by atoms with van der Waals surface area (Å²) in [5.74, 6) is 1.09. The van der Waals surface area contributed by atoms with Crippen molar-refractivity contribution in [3.05, 3.63) is 54.4 Å². The molecule has 0 aliphatic rings. The van der Waals surface area contributed by atoms with E-state index in [1.807, 2.05) is 0 Å². The summed E-state index contributed by atoms with van der Waals surface area (Å²) in [6, 6.07) is 9.97. The molecule has 1 aromatic heterocycles. The number of rotatable bonds is 7. The SMILES string of the molecule is CC(C)COc1ccc(S(=O)(=O)NCc2ccncc2)cc1. The van der Waals surface area contributed by atoms with Gasteiger partial charge in [0, 0.05) is 18.9 Å².